The normalized spacial score (nSPS) is 35.8. The van der Waals surface area contributed by atoms with Crippen molar-refractivity contribution in [2.45, 2.75) is 61.8 Å². The van der Waals surface area contributed by atoms with E-state index in [4.69, 9.17) is 9.84 Å². The first-order valence-electron chi connectivity index (χ1n) is 7.38. The Morgan fingerprint density at radius 2 is 1.67 bits per heavy atom. The molecule has 0 bridgehead atoms. The van der Waals surface area contributed by atoms with E-state index in [-0.39, 0.29) is 0 Å². The highest BCUT2D eigenvalue weighted by molar-refractivity contribution is 5.73. The smallest absolute Gasteiger partial charge is 0.217 e. The van der Waals surface area contributed by atoms with E-state index in [1.54, 1.807) is 0 Å². The average Bonchev–Trinajstić information content (AvgIpc) is 2.56. The predicted molar refractivity (Wildman–Crippen MR) is 76.5 cm³/mol. The minimum atomic E-state index is -2.00. The molecule has 11 heteroatoms. The highest BCUT2D eigenvalue weighted by Crippen LogP contribution is 2.25. The lowest BCUT2D eigenvalue weighted by molar-refractivity contribution is -0.235. The van der Waals surface area contributed by atoms with Gasteiger partial charge in [0, 0.05) is 6.92 Å². The van der Waals surface area contributed by atoms with Crippen LogP contribution in [0.25, 0.3) is 0 Å². The third-order valence-corrected chi connectivity index (χ3v) is 3.95. The summed E-state index contributed by atoms with van der Waals surface area (Å²) in [5.41, 5.74) is 0. The maximum absolute atomic E-state index is 11.3. The van der Waals surface area contributed by atoms with E-state index in [2.05, 4.69) is 5.32 Å². The number of nitrogens with one attached hydrogen (secondary N) is 1. The second kappa shape index (κ2) is 8.99. The first-order valence-corrected chi connectivity index (χ1v) is 7.38. The van der Waals surface area contributed by atoms with E-state index in [1.807, 2.05) is 0 Å². The van der Waals surface area contributed by atoms with Crippen molar-refractivity contribution in [3.63, 3.8) is 0 Å². The Balaban J connectivity index is 3.02. The topological polar surface area (TPSA) is 200 Å². The van der Waals surface area contributed by atoms with E-state index in [9.17, 15) is 40.5 Å². The summed E-state index contributed by atoms with van der Waals surface area (Å²) in [6.45, 7) is -0.486. The molecule has 9 atom stereocenters. The summed E-state index contributed by atoms with van der Waals surface area (Å²) in [5, 5.41) is 79.3. The zero-order chi connectivity index (χ0) is 18.6. The Hall–Kier alpha value is -0.890. The van der Waals surface area contributed by atoms with Gasteiger partial charge in [-0.05, 0) is 0 Å². The number of carbonyl (C=O) groups is 1. The Morgan fingerprint density at radius 1 is 1.08 bits per heavy atom. The number of hydrogen-bond donors (Lipinski definition) is 9. The van der Waals surface area contributed by atoms with Crippen molar-refractivity contribution in [3.05, 3.63) is 0 Å². The summed E-state index contributed by atoms with van der Waals surface area (Å²) in [7, 11) is 0. The fourth-order valence-electron chi connectivity index (χ4n) is 2.57. The molecular formula is C13H25NO10. The highest BCUT2D eigenvalue weighted by Gasteiger charge is 2.49. The van der Waals surface area contributed by atoms with E-state index >= 15 is 0 Å². The molecule has 0 aliphatic carbocycles. The third kappa shape index (κ3) is 4.59. The fraction of sp³-hybridized carbons (Fsp3) is 0.923. The summed E-state index contributed by atoms with van der Waals surface area (Å²) in [6, 6.07) is -1.36. The molecular weight excluding hydrogens is 330 g/mol. The molecule has 1 aliphatic heterocycles. The number of aliphatic hydroxyl groups is 8. The van der Waals surface area contributed by atoms with Crippen LogP contribution in [0.15, 0.2) is 0 Å². The van der Waals surface area contributed by atoms with Crippen molar-refractivity contribution in [1.82, 2.24) is 5.32 Å². The zero-order valence-corrected chi connectivity index (χ0v) is 13.0. The largest absolute Gasteiger partial charge is 0.394 e. The lowest BCUT2D eigenvalue weighted by Gasteiger charge is -2.45. The quantitative estimate of drug-likeness (QED) is 0.212. The van der Waals surface area contributed by atoms with Crippen molar-refractivity contribution in [1.29, 1.82) is 0 Å². The third-order valence-electron chi connectivity index (χ3n) is 3.95. The maximum atomic E-state index is 11.3. The second-order valence-corrected chi connectivity index (χ2v) is 5.75. The molecule has 11 nitrogen and oxygen atoms in total. The van der Waals surface area contributed by atoms with Crippen LogP contribution in [0.4, 0.5) is 0 Å². The standard InChI is InChI=1S/C13H25NO10/c1-4(17)14-7-10(21)9(20)6(3-16)24-13(7)12(23)11(22)8(19)5(18)2-15/h5-13,15-16,18-23H,2-3H2,1H3,(H,14,17)/t5-,6-,7-,8-,9+,10-,11-,12?,13?/m1/s1. The number of hydrogen-bond acceptors (Lipinski definition) is 10. The second-order valence-electron chi connectivity index (χ2n) is 5.75. The van der Waals surface area contributed by atoms with Gasteiger partial charge in [-0.1, -0.05) is 0 Å². The van der Waals surface area contributed by atoms with Crippen LogP contribution in [0.5, 0.6) is 0 Å². The molecule has 1 rings (SSSR count). The molecule has 1 fully saturated rings. The SMILES string of the molecule is CC(=O)N[C@H]1C(C(O)[C@H](O)[C@H](O)[C@H](O)CO)O[C@H](CO)[C@H](O)[C@@H]1O. The van der Waals surface area contributed by atoms with Gasteiger partial charge in [0.15, 0.2) is 0 Å². The number of rotatable bonds is 7. The first-order chi connectivity index (χ1) is 11.1. The van der Waals surface area contributed by atoms with Crippen LogP contribution in [0.2, 0.25) is 0 Å². The Bertz CT molecular complexity index is 410. The molecule has 0 spiro atoms. The monoisotopic (exact) mass is 355 g/mol. The van der Waals surface area contributed by atoms with Gasteiger partial charge in [-0.25, -0.2) is 0 Å². The van der Waals surface area contributed by atoms with Crippen molar-refractivity contribution in [3.8, 4) is 0 Å². The number of carbonyl (C=O) groups excluding carboxylic acids is 1. The molecule has 0 saturated carbocycles. The van der Waals surface area contributed by atoms with Gasteiger partial charge < -0.3 is 50.9 Å². The van der Waals surface area contributed by atoms with Gasteiger partial charge in [0.1, 0.15) is 48.8 Å². The van der Waals surface area contributed by atoms with E-state index in [0.29, 0.717) is 0 Å². The van der Waals surface area contributed by atoms with Crippen LogP contribution < -0.4 is 5.32 Å². The van der Waals surface area contributed by atoms with E-state index < -0.39 is 74.0 Å². The molecule has 0 aromatic rings. The van der Waals surface area contributed by atoms with Crippen LogP contribution in [-0.2, 0) is 9.53 Å². The molecule has 1 aliphatic rings. The molecule has 0 radical (unpaired) electrons. The van der Waals surface area contributed by atoms with Gasteiger partial charge in [-0.15, -0.1) is 0 Å². The summed E-state index contributed by atoms with van der Waals surface area (Å²) >= 11 is 0. The van der Waals surface area contributed by atoms with Crippen molar-refractivity contribution < 1.29 is 50.4 Å². The Labute approximate surface area is 137 Å². The van der Waals surface area contributed by atoms with E-state index in [1.165, 1.54) is 0 Å². The minimum Gasteiger partial charge on any atom is -0.394 e. The molecule has 1 saturated heterocycles. The molecule has 0 aromatic heterocycles. The molecule has 9 N–H and O–H groups in total. The molecule has 2 unspecified atom stereocenters. The fourth-order valence-corrected chi connectivity index (χ4v) is 2.57. The number of amides is 1. The molecule has 0 aromatic carbocycles. The summed E-state index contributed by atoms with van der Waals surface area (Å²) in [5.74, 6) is -0.625. The van der Waals surface area contributed by atoms with Crippen molar-refractivity contribution in [2.24, 2.45) is 0 Å². The van der Waals surface area contributed by atoms with Crippen molar-refractivity contribution >= 4 is 5.91 Å². The highest BCUT2D eigenvalue weighted by atomic mass is 16.5. The Morgan fingerprint density at radius 3 is 2.12 bits per heavy atom. The summed E-state index contributed by atoms with van der Waals surface area (Å²) in [6.07, 6.45) is -13.6. The minimum absolute atomic E-state index is 0.625. The number of aliphatic hydroxyl groups excluding tert-OH is 8. The van der Waals surface area contributed by atoms with Crippen LogP contribution in [0.3, 0.4) is 0 Å². The molecule has 24 heavy (non-hydrogen) atoms. The molecule has 142 valence electrons. The van der Waals surface area contributed by atoms with Gasteiger partial charge in [-0.2, -0.15) is 0 Å². The van der Waals surface area contributed by atoms with Crippen LogP contribution in [0.1, 0.15) is 6.92 Å². The van der Waals surface area contributed by atoms with Gasteiger partial charge >= 0.3 is 0 Å². The number of ether oxygens (including phenoxy) is 1. The lowest BCUT2D eigenvalue weighted by atomic mass is 9.86. The van der Waals surface area contributed by atoms with Crippen molar-refractivity contribution in [2.75, 3.05) is 13.2 Å². The zero-order valence-electron chi connectivity index (χ0n) is 13.0. The average molecular weight is 355 g/mol. The van der Waals surface area contributed by atoms with Gasteiger partial charge in [-0.3, -0.25) is 4.79 Å². The van der Waals surface area contributed by atoms with Crippen LogP contribution in [-0.4, -0.2) is 115 Å². The Kier molecular flexibility index (Phi) is 7.92. The van der Waals surface area contributed by atoms with Gasteiger partial charge in [0.05, 0.1) is 19.3 Å². The molecule has 1 heterocycles. The lowest BCUT2D eigenvalue weighted by Crippen LogP contribution is -2.68. The van der Waals surface area contributed by atoms with Gasteiger partial charge in [0.2, 0.25) is 5.91 Å². The van der Waals surface area contributed by atoms with Crippen LogP contribution >= 0.6 is 0 Å². The summed E-state index contributed by atoms with van der Waals surface area (Å²) < 4.78 is 5.24. The van der Waals surface area contributed by atoms with Gasteiger partial charge in [0.25, 0.3) is 0 Å². The predicted octanol–water partition coefficient (Wildman–Crippen LogP) is -5.59. The van der Waals surface area contributed by atoms with E-state index in [0.717, 1.165) is 6.92 Å². The first kappa shape index (κ1) is 21.2. The molecule has 1 amide bonds. The van der Waals surface area contributed by atoms with Crippen LogP contribution in [0, 0.1) is 0 Å². The maximum Gasteiger partial charge on any atom is 0.217 e. The summed E-state index contributed by atoms with van der Waals surface area (Å²) in [4.78, 5) is 11.3.